The summed E-state index contributed by atoms with van der Waals surface area (Å²) in [5, 5.41) is 3.15. The normalized spacial score (nSPS) is 22.3. The van der Waals surface area contributed by atoms with Gasteiger partial charge in [-0.05, 0) is 17.9 Å². The van der Waals surface area contributed by atoms with Crippen molar-refractivity contribution in [3.05, 3.63) is 54.1 Å². The fourth-order valence-electron chi connectivity index (χ4n) is 2.53. The number of benzene rings is 1. The maximum atomic E-state index is 12.3. The molecule has 0 spiro atoms. The van der Waals surface area contributed by atoms with Crippen molar-refractivity contribution in [1.82, 2.24) is 14.9 Å². The van der Waals surface area contributed by atoms with Crippen LogP contribution in [0, 0.1) is 11.8 Å². The van der Waals surface area contributed by atoms with E-state index in [4.69, 9.17) is 0 Å². The van der Waals surface area contributed by atoms with Crippen molar-refractivity contribution in [2.45, 2.75) is 19.4 Å². The van der Waals surface area contributed by atoms with Crippen LogP contribution in [0.1, 0.15) is 30.8 Å². The van der Waals surface area contributed by atoms with Crippen molar-refractivity contribution in [3.63, 3.8) is 0 Å². The Bertz CT molecular complexity index is 605. The van der Waals surface area contributed by atoms with Gasteiger partial charge in [0.2, 0.25) is 5.91 Å². The molecule has 0 bridgehead atoms. The molecule has 4 nitrogen and oxygen atoms in total. The van der Waals surface area contributed by atoms with Crippen molar-refractivity contribution >= 4 is 5.91 Å². The van der Waals surface area contributed by atoms with Gasteiger partial charge in [-0.1, -0.05) is 37.3 Å². The molecule has 1 aromatic heterocycles. The number of aryl methyl sites for hydroxylation is 1. The Kier molecular flexibility index (Phi) is 3.30. The molecule has 20 heavy (non-hydrogen) atoms. The minimum absolute atomic E-state index is 0.134. The number of aromatic nitrogens is 2. The summed E-state index contributed by atoms with van der Waals surface area (Å²) in [7, 11) is 1.95. The lowest BCUT2D eigenvalue weighted by atomic mass is 10.1. The van der Waals surface area contributed by atoms with Crippen LogP contribution in [-0.2, 0) is 11.8 Å². The number of carbonyl (C=O) groups is 1. The van der Waals surface area contributed by atoms with E-state index in [1.54, 1.807) is 6.20 Å². The summed E-state index contributed by atoms with van der Waals surface area (Å²) in [6.45, 7) is 2.11. The van der Waals surface area contributed by atoms with Gasteiger partial charge in [0.1, 0.15) is 11.9 Å². The molecule has 1 aromatic carbocycles. The number of nitrogens with one attached hydrogen (secondary N) is 1. The van der Waals surface area contributed by atoms with E-state index < -0.39 is 0 Å². The maximum Gasteiger partial charge on any atom is 0.224 e. The molecule has 2 aromatic rings. The number of carbonyl (C=O) groups excluding carboxylic acids is 1. The van der Waals surface area contributed by atoms with Gasteiger partial charge in [-0.15, -0.1) is 0 Å². The molecule has 1 saturated carbocycles. The summed E-state index contributed by atoms with van der Waals surface area (Å²) in [6, 6.07) is 9.81. The molecule has 1 amide bonds. The van der Waals surface area contributed by atoms with Gasteiger partial charge in [-0.25, -0.2) is 4.98 Å². The topological polar surface area (TPSA) is 46.9 Å². The third kappa shape index (κ3) is 2.46. The van der Waals surface area contributed by atoms with E-state index in [9.17, 15) is 4.79 Å². The predicted molar refractivity (Wildman–Crippen MR) is 76.9 cm³/mol. The lowest BCUT2D eigenvalue weighted by Crippen LogP contribution is -2.32. The summed E-state index contributed by atoms with van der Waals surface area (Å²) in [6.07, 6.45) is 4.66. The van der Waals surface area contributed by atoms with Crippen LogP contribution in [0.5, 0.6) is 0 Å². The van der Waals surface area contributed by atoms with Crippen LogP contribution in [0.2, 0.25) is 0 Å². The third-order valence-corrected chi connectivity index (χ3v) is 3.98. The fraction of sp³-hybridized carbons (Fsp3) is 0.375. The van der Waals surface area contributed by atoms with Crippen molar-refractivity contribution in [2.75, 3.05) is 0 Å². The van der Waals surface area contributed by atoms with Gasteiger partial charge in [0, 0.05) is 25.4 Å². The highest BCUT2D eigenvalue weighted by Crippen LogP contribution is 2.38. The molecule has 1 aliphatic rings. The second kappa shape index (κ2) is 5.12. The SMILES string of the molecule is C[C@@H]1C[C@H]1C(=O)N[C@H](c1ccccc1)c1nccn1C. The first-order valence-electron chi connectivity index (χ1n) is 6.99. The molecule has 1 aliphatic carbocycles. The zero-order chi connectivity index (χ0) is 14.1. The molecule has 0 saturated heterocycles. The Balaban J connectivity index is 1.88. The standard InChI is InChI=1S/C16H19N3O/c1-11-10-13(11)16(20)18-14(12-6-4-3-5-7-12)15-17-8-9-19(15)2/h3-9,11,13-14H,10H2,1-2H3,(H,18,20)/t11-,13-,14-/m1/s1. The maximum absolute atomic E-state index is 12.3. The zero-order valence-corrected chi connectivity index (χ0v) is 11.8. The van der Waals surface area contributed by atoms with Crippen molar-refractivity contribution in [2.24, 2.45) is 18.9 Å². The van der Waals surface area contributed by atoms with E-state index in [2.05, 4.69) is 17.2 Å². The second-order valence-corrected chi connectivity index (χ2v) is 5.57. The van der Waals surface area contributed by atoms with E-state index in [0.717, 1.165) is 17.8 Å². The van der Waals surface area contributed by atoms with Gasteiger partial charge in [-0.2, -0.15) is 0 Å². The molecule has 4 heteroatoms. The first-order chi connectivity index (χ1) is 9.66. The minimum atomic E-state index is -0.184. The molecular formula is C16H19N3O. The van der Waals surface area contributed by atoms with Crippen molar-refractivity contribution in [3.8, 4) is 0 Å². The number of hydrogen-bond donors (Lipinski definition) is 1. The van der Waals surface area contributed by atoms with Crippen molar-refractivity contribution in [1.29, 1.82) is 0 Å². The highest BCUT2D eigenvalue weighted by Gasteiger charge is 2.40. The monoisotopic (exact) mass is 269 g/mol. The van der Waals surface area contributed by atoms with Crippen molar-refractivity contribution < 1.29 is 4.79 Å². The van der Waals surface area contributed by atoms with E-state index in [1.807, 2.05) is 48.1 Å². The van der Waals surface area contributed by atoms with Crippen LogP contribution in [0.3, 0.4) is 0 Å². The molecule has 104 valence electrons. The Morgan fingerprint density at radius 3 is 2.65 bits per heavy atom. The Hall–Kier alpha value is -2.10. The first kappa shape index (κ1) is 12.9. The lowest BCUT2D eigenvalue weighted by Gasteiger charge is -2.19. The van der Waals surface area contributed by atoms with Crippen LogP contribution >= 0.6 is 0 Å². The molecule has 3 rings (SSSR count). The van der Waals surface area contributed by atoms with Crippen LogP contribution in [0.4, 0.5) is 0 Å². The Labute approximate surface area is 118 Å². The van der Waals surface area contributed by atoms with Gasteiger partial charge in [0.05, 0.1) is 0 Å². The number of amides is 1. The zero-order valence-electron chi connectivity index (χ0n) is 11.8. The van der Waals surface area contributed by atoms with Crippen LogP contribution < -0.4 is 5.32 Å². The Morgan fingerprint density at radius 2 is 2.10 bits per heavy atom. The van der Waals surface area contributed by atoms with Crippen LogP contribution in [-0.4, -0.2) is 15.5 Å². The molecule has 3 atom stereocenters. The summed E-state index contributed by atoms with van der Waals surface area (Å²) < 4.78 is 1.95. The average Bonchev–Trinajstić information content (AvgIpc) is 3.04. The van der Waals surface area contributed by atoms with E-state index in [1.165, 1.54) is 0 Å². The number of rotatable bonds is 4. The van der Waals surface area contributed by atoms with E-state index >= 15 is 0 Å². The number of nitrogens with zero attached hydrogens (tertiary/aromatic N) is 2. The van der Waals surface area contributed by atoms with Gasteiger partial charge in [0.15, 0.2) is 0 Å². The van der Waals surface area contributed by atoms with Gasteiger partial charge in [0.25, 0.3) is 0 Å². The number of imidazole rings is 1. The quantitative estimate of drug-likeness (QED) is 0.925. The molecule has 1 heterocycles. The van der Waals surface area contributed by atoms with E-state index in [0.29, 0.717) is 5.92 Å². The van der Waals surface area contributed by atoms with E-state index in [-0.39, 0.29) is 17.9 Å². The number of hydrogen-bond acceptors (Lipinski definition) is 2. The van der Waals surface area contributed by atoms with Gasteiger partial charge in [-0.3, -0.25) is 4.79 Å². The first-order valence-corrected chi connectivity index (χ1v) is 6.99. The smallest absolute Gasteiger partial charge is 0.224 e. The highest BCUT2D eigenvalue weighted by molar-refractivity contribution is 5.82. The highest BCUT2D eigenvalue weighted by atomic mass is 16.2. The lowest BCUT2D eigenvalue weighted by molar-refractivity contribution is -0.123. The summed E-state index contributed by atoms with van der Waals surface area (Å²) in [4.78, 5) is 16.7. The molecular weight excluding hydrogens is 250 g/mol. The summed E-state index contributed by atoms with van der Waals surface area (Å²) in [5.74, 6) is 1.67. The largest absolute Gasteiger partial charge is 0.342 e. The van der Waals surface area contributed by atoms with Gasteiger partial charge < -0.3 is 9.88 Å². The van der Waals surface area contributed by atoms with Crippen LogP contribution in [0.25, 0.3) is 0 Å². The fourth-order valence-corrected chi connectivity index (χ4v) is 2.53. The van der Waals surface area contributed by atoms with Crippen LogP contribution in [0.15, 0.2) is 42.7 Å². The summed E-state index contributed by atoms with van der Waals surface area (Å²) in [5.41, 5.74) is 1.06. The van der Waals surface area contributed by atoms with Gasteiger partial charge >= 0.3 is 0 Å². The molecule has 0 unspecified atom stereocenters. The molecule has 0 aliphatic heterocycles. The summed E-state index contributed by atoms with van der Waals surface area (Å²) >= 11 is 0. The predicted octanol–water partition coefficient (Wildman–Crippen LogP) is 2.28. The average molecular weight is 269 g/mol. The second-order valence-electron chi connectivity index (χ2n) is 5.57. The molecule has 1 N–H and O–H groups in total. The molecule has 0 radical (unpaired) electrons. The molecule has 1 fully saturated rings. The Morgan fingerprint density at radius 1 is 1.40 bits per heavy atom. The minimum Gasteiger partial charge on any atom is -0.342 e. The third-order valence-electron chi connectivity index (χ3n) is 3.98.